The predicted octanol–water partition coefficient (Wildman–Crippen LogP) is 3.85. The topological polar surface area (TPSA) is 44.5 Å². The Morgan fingerprint density at radius 1 is 1.20 bits per heavy atom. The van der Waals surface area contributed by atoms with Gasteiger partial charge in [0, 0.05) is 22.6 Å². The zero-order valence-electron chi connectivity index (χ0n) is 12.4. The van der Waals surface area contributed by atoms with Crippen LogP contribution in [0.4, 0.5) is 0 Å². The van der Waals surface area contributed by atoms with E-state index in [4.69, 9.17) is 15.2 Å². The van der Waals surface area contributed by atoms with Crippen LogP contribution in [0, 0.1) is 0 Å². The second-order valence-electron chi connectivity index (χ2n) is 5.18. The van der Waals surface area contributed by atoms with Crippen LogP contribution in [0.25, 0.3) is 0 Å². The summed E-state index contributed by atoms with van der Waals surface area (Å²) in [4.78, 5) is 1.22. The Hall–Kier alpha value is -0.870. The van der Waals surface area contributed by atoms with Gasteiger partial charge in [-0.15, -0.1) is 11.8 Å². The number of fused-ring (bicyclic) bond motifs is 1. The fourth-order valence-electron chi connectivity index (χ4n) is 2.38. The fourth-order valence-corrected chi connectivity index (χ4v) is 3.53. The molecule has 2 unspecified atom stereocenters. The van der Waals surface area contributed by atoms with Gasteiger partial charge in [0.25, 0.3) is 0 Å². The molecule has 1 heterocycles. The minimum Gasteiger partial charge on any atom is -0.490 e. The molecule has 0 aromatic heterocycles. The van der Waals surface area contributed by atoms with E-state index in [1.165, 1.54) is 4.90 Å². The zero-order chi connectivity index (χ0) is 14.4. The monoisotopic (exact) mass is 295 g/mol. The third-order valence-corrected chi connectivity index (χ3v) is 5.02. The van der Waals surface area contributed by atoms with E-state index < -0.39 is 0 Å². The number of hydrogen-bond donors (Lipinski definition) is 1. The second-order valence-corrected chi connectivity index (χ2v) is 6.49. The first kappa shape index (κ1) is 15.5. The van der Waals surface area contributed by atoms with E-state index in [0.717, 1.165) is 50.4 Å². The number of ether oxygens (including phenoxy) is 2. The lowest BCUT2D eigenvalue weighted by molar-refractivity contribution is 0.297. The summed E-state index contributed by atoms with van der Waals surface area (Å²) in [5.41, 5.74) is 6.27. The summed E-state index contributed by atoms with van der Waals surface area (Å²) >= 11 is 1.86. The van der Waals surface area contributed by atoms with Gasteiger partial charge in [-0.2, -0.15) is 0 Å². The Morgan fingerprint density at radius 3 is 2.65 bits per heavy atom. The quantitative estimate of drug-likeness (QED) is 0.810. The maximum Gasteiger partial charge on any atom is 0.162 e. The minimum atomic E-state index is 0.256. The molecule has 0 saturated carbocycles. The van der Waals surface area contributed by atoms with Crippen molar-refractivity contribution in [3.8, 4) is 11.5 Å². The highest BCUT2D eigenvalue weighted by Crippen LogP contribution is 2.36. The highest BCUT2D eigenvalue weighted by molar-refractivity contribution is 8.00. The molecule has 1 aliphatic heterocycles. The molecule has 0 spiro atoms. The molecular weight excluding hydrogens is 270 g/mol. The van der Waals surface area contributed by atoms with Gasteiger partial charge < -0.3 is 15.2 Å². The summed E-state index contributed by atoms with van der Waals surface area (Å²) in [5, 5.41) is 0.458. The van der Waals surface area contributed by atoms with Crippen molar-refractivity contribution in [2.45, 2.75) is 55.7 Å². The van der Waals surface area contributed by atoms with Crippen molar-refractivity contribution in [1.82, 2.24) is 0 Å². The average molecular weight is 295 g/mol. The van der Waals surface area contributed by atoms with E-state index >= 15 is 0 Å². The van der Waals surface area contributed by atoms with Gasteiger partial charge in [0.2, 0.25) is 0 Å². The molecule has 2 rings (SSSR count). The smallest absolute Gasteiger partial charge is 0.162 e. The maximum absolute atomic E-state index is 6.27. The van der Waals surface area contributed by atoms with Crippen LogP contribution >= 0.6 is 11.8 Å². The summed E-state index contributed by atoms with van der Waals surface area (Å²) in [6, 6.07) is 6.47. The van der Waals surface area contributed by atoms with Crippen molar-refractivity contribution in [2.24, 2.45) is 5.73 Å². The van der Waals surface area contributed by atoms with Gasteiger partial charge in [0.1, 0.15) is 0 Å². The first-order valence-corrected chi connectivity index (χ1v) is 8.44. The van der Waals surface area contributed by atoms with Gasteiger partial charge >= 0.3 is 0 Å². The predicted molar refractivity (Wildman–Crippen MR) is 84.9 cm³/mol. The molecule has 1 aliphatic rings. The van der Waals surface area contributed by atoms with Crippen molar-refractivity contribution in [2.75, 3.05) is 13.2 Å². The van der Waals surface area contributed by atoms with Gasteiger partial charge in [-0.3, -0.25) is 0 Å². The van der Waals surface area contributed by atoms with Crippen LogP contribution in [-0.4, -0.2) is 24.5 Å². The van der Waals surface area contributed by atoms with Crippen molar-refractivity contribution in [3.05, 3.63) is 18.2 Å². The molecule has 0 fully saturated rings. The van der Waals surface area contributed by atoms with Crippen molar-refractivity contribution >= 4 is 11.8 Å². The normalized spacial score (nSPS) is 17.4. The summed E-state index contributed by atoms with van der Waals surface area (Å²) in [6.45, 7) is 5.85. The molecule has 3 nitrogen and oxygen atoms in total. The molecule has 4 heteroatoms. The summed E-state index contributed by atoms with van der Waals surface area (Å²) in [7, 11) is 0. The van der Waals surface area contributed by atoms with Crippen LogP contribution in [0.15, 0.2) is 23.1 Å². The average Bonchev–Trinajstić information content (AvgIpc) is 2.69. The SMILES string of the molecule is CCCC(N)C(CC)Sc1ccc2c(c1)OCCCO2. The largest absolute Gasteiger partial charge is 0.490 e. The standard InChI is InChI=1S/C16H25NO2S/c1-3-6-13(17)16(4-2)20-12-7-8-14-15(11-12)19-10-5-9-18-14/h7-8,11,13,16H,3-6,9-10,17H2,1-2H3. The second kappa shape index (κ2) is 7.79. The summed E-state index contributed by atoms with van der Waals surface area (Å²) < 4.78 is 11.4. The number of nitrogens with two attached hydrogens (primary N) is 1. The Bertz CT molecular complexity index is 425. The van der Waals surface area contributed by atoms with E-state index in [-0.39, 0.29) is 6.04 Å². The Kier molecular flexibility index (Phi) is 6.05. The molecule has 1 aromatic carbocycles. The highest BCUT2D eigenvalue weighted by Gasteiger charge is 2.18. The fraction of sp³-hybridized carbons (Fsp3) is 0.625. The van der Waals surface area contributed by atoms with Crippen LogP contribution in [-0.2, 0) is 0 Å². The summed E-state index contributed by atoms with van der Waals surface area (Å²) in [6.07, 6.45) is 4.24. The van der Waals surface area contributed by atoms with Crippen LogP contribution in [0.1, 0.15) is 39.5 Å². The van der Waals surface area contributed by atoms with Crippen LogP contribution in [0.5, 0.6) is 11.5 Å². The van der Waals surface area contributed by atoms with Crippen LogP contribution in [0.3, 0.4) is 0 Å². The van der Waals surface area contributed by atoms with Crippen molar-refractivity contribution in [1.29, 1.82) is 0 Å². The molecule has 0 bridgehead atoms. The highest BCUT2D eigenvalue weighted by atomic mass is 32.2. The molecule has 0 amide bonds. The Balaban J connectivity index is 2.06. The zero-order valence-corrected chi connectivity index (χ0v) is 13.2. The lowest BCUT2D eigenvalue weighted by Gasteiger charge is -2.22. The Morgan fingerprint density at radius 2 is 1.95 bits per heavy atom. The lowest BCUT2D eigenvalue weighted by Crippen LogP contribution is -2.31. The van der Waals surface area contributed by atoms with Crippen LogP contribution < -0.4 is 15.2 Å². The maximum atomic E-state index is 6.27. The third-order valence-electron chi connectivity index (χ3n) is 3.51. The van der Waals surface area contributed by atoms with E-state index in [2.05, 4.69) is 26.0 Å². The van der Waals surface area contributed by atoms with Crippen molar-refractivity contribution in [3.63, 3.8) is 0 Å². The molecule has 2 N–H and O–H groups in total. The number of rotatable bonds is 6. The Labute approximate surface area is 126 Å². The number of thioether (sulfide) groups is 1. The molecule has 2 atom stereocenters. The number of hydrogen-bond acceptors (Lipinski definition) is 4. The van der Waals surface area contributed by atoms with Gasteiger partial charge in [-0.1, -0.05) is 20.3 Å². The molecular formula is C16H25NO2S. The first-order valence-electron chi connectivity index (χ1n) is 7.56. The molecule has 0 saturated heterocycles. The van der Waals surface area contributed by atoms with E-state index in [9.17, 15) is 0 Å². The van der Waals surface area contributed by atoms with Gasteiger partial charge in [0.05, 0.1) is 13.2 Å². The molecule has 0 radical (unpaired) electrons. The van der Waals surface area contributed by atoms with Crippen molar-refractivity contribution < 1.29 is 9.47 Å². The van der Waals surface area contributed by atoms with Gasteiger partial charge in [-0.05, 0) is 31.0 Å². The van der Waals surface area contributed by atoms with E-state index in [1.54, 1.807) is 0 Å². The molecule has 112 valence electrons. The number of benzene rings is 1. The van der Waals surface area contributed by atoms with Gasteiger partial charge in [0.15, 0.2) is 11.5 Å². The lowest BCUT2D eigenvalue weighted by atomic mass is 10.1. The van der Waals surface area contributed by atoms with E-state index in [0.29, 0.717) is 5.25 Å². The van der Waals surface area contributed by atoms with Gasteiger partial charge in [-0.25, -0.2) is 0 Å². The van der Waals surface area contributed by atoms with E-state index in [1.807, 2.05) is 17.8 Å². The third kappa shape index (κ3) is 4.06. The summed E-state index contributed by atoms with van der Waals surface area (Å²) in [5.74, 6) is 1.73. The molecule has 0 aliphatic carbocycles. The first-order chi connectivity index (χ1) is 9.74. The molecule has 20 heavy (non-hydrogen) atoms. The molecule has 1 aromatic rings. The van der Waals surface area contributed by atoms with Crippen LogP contribution in [0.2, 0.25) is 0 Å². The minimum absolute atomic E-state index is 0.256.